The van der Waals surface area contributed by atoms with Gasteiger partial charge in [-0.3, -0.25) is 10.1 Å². The van der Waals surface area contributed by atoms with Gasteiger partial charge in [-0.2, -0.15) is 13.2 Å². The minimum Gasteiger partial charge on any atom is -0.494 e. The van der Waals surface area contributed by atoms with Crippen LogP contribution in [-0.2, 0) is 4.79 Å². The Labute approximate surface area is 128 Å². The van der Waals surface area contributed by atoms with Gasteiger partial charge in [0.15, 0.2) is 5.75 Å². The zero-order valence-corrected chi connectivity index (χ0v) is 11.9. The van der Waals surface area contributed by atoms with Crippen LogP contribution >= 0.6 is 0 Å². The van der Waals surface area contributed by atoms with Crippen LogP contribution in [0.3, 0.4) is 0 Å². The molecule has 11 heteroatoms. The van der Waals surface area contributed by atoms with Gasteiger partial charge in [0.05, 0.1) is 31.3 Å². The number of aromatic nitrogens is 2. The maximum atomic E-state index is 12.9. The van der Waals surface area contributed by atoms with Crippen molar-refractivity contribution in [1.82, 2.24) is 14.9 Å². The van der Waals surface area contributed by atoms with Gasteiger partial charge in [0.2, 0.25) is 5.95 Å². The number of anilines is 1. The molecule has 23 heavy (non-hydrogen) atoms. The highest BCUT2D eigenvalue weighted by Gasteiger charge is 2.53. The van der Waals surface area contributed by atoms with E-state index < -0.39 is 43.1 Å². The smallest absolute Gasteiger partial charge is 0.394 e. The Kier molecular flexibility index (Phi) is 4.57. The first kappa shape index (κ1) is 16.8. The van der Waals surface area contributed by atoms with Crippen LogP contribution in [0.15, 0.2) is 12.4 Å². The number of ether oxygens (including phenoxy) is 1. The Morgan fingerprint density at radius 3 is 2.39 bits per heavy atom. The van der Waals surface area contributed by atoms with E-state index in [4.69, 9.17) is 9.84 Å². The number of aliphatic carboxylic acids is 1. The summed E-state index contributed by atoms with van der Waals surface area (Å²) in [5, 5.41) is 11.1. The molecule has 0 radical (unpaired) electrons. The number of amides is 2. The summed E-state index contributed by atoms with van der Waals surface area (Å²) < 4.78 is 43.4. The molecule has 2 amide bonds. The maximum absolute atomic E-state index is 12.9. The quantitative estimate of drug-likeness (QED) is 0.861. The van der Waals surface area contributed by atoms with Crippen LogP contribution in [0.2, 0.25) is 0 Å². The number of carbonyl (C=O) groups excluding carboxylic acids is 1. The van der Waals surface area contributed by atoms with Gasteiger partial charge in [0, 0.05) is 13.1 Å². The van der Waals surface area contributed by atoms with Crippen LogP contribution < -0.4 is 10.1 Å². The Bertz CT molecular complexity index is 593. The molecule has 0 aliphatic carbocycles. The molecule has 1 aliphatic rings. The zero-order chi connectivity index (χ0) is 17.2. The first-order valence-electron chi connectivity index (χ1n) is 6.44. The SMILES string of the molecule is COc1cnc(NC(=O)N2C[C@@H](C(F)(F)F)[C@H](C(=O)O)C2)nc1. The molecule has 8 nitrogen and oxygen atoms in total. The number of nitrogens with one attached hydrogen (secondary N) is 1. The van der Waals surface area contributed by atoms with Crippen molar-refractivity contribution in [3.63, 3.8) is 0 Å². The number of alkyl halides is 3. The van der Waals surface area contributed by atoms with E-state index in [0.717, 1.165) is 4.90 Å². The number of likely N-dealkylation sites (tertiary alicyclic amines) is 1. The minimum absolute atomic E-state index is 0.127. The molecule has 0 saturated carbocycles. The number of nitrogens with zero attached hydrogens (tertiary/aromatic N) is 3. The van der Waals surface area contributed by atoms with E-state index in [1.165, 1.54) is 19.5 Å². The lowest BCUT2D eigenvalue weighted by Crippen LogP contribution is -2.35. The number of carbonyl (C=O) groups is 2. The van der Waals surface area contributed by atoms with E-state index in [-0.39, 0.29) is 5.95 Å². The summed E-state index contributed by atoms with van der Waals surface area (Å²) in [6.45, 7) is -1.27. The number of urea groups is 1. The summed E-state index contributed by atoms with van der Waals surface area (Å²) in [5.74, 6) is -5.19. The lowest BCUT2D eigenvalue weighted by molar-refractivity contribution is -0.187. The topological polar surface area (TPSA) is 105 Å². The predicted molar refractivity (Wildman–Crippen MR) is 69.8 cm³/mol. The van der Waals surface area contributed by atoms with Crippen molar-refractivity contribution >= 4 is 17.9 Å². The first-order chi connectivity index (χ1) is 10.7. The fourth-order valence-electron chi connectivity index (χ4n) is 2.21. The third kappa shape index (κ3) is 3.79. The number of rotatable bonds is 3. The molecule has 1 aromatic rings. The summed E-state index contributed by atoms with van der Waals surface area (Å²) >= 11 is 0. The second-order valence-electron chi connectivity index (χ2n) is 4.87. The van der Waals surface area contributed by atoms with Crippen LogP contribution in [0.25, 0.3) is 0 Å². The molecule has 0 spiro atoms. The van der Waals surface area contributed by atoms with Crippen LogP contribution in [0, 0.1) is 11.8 Å². The Balaban J connectivity index is 2.06. The number of carboxylic acid groups (broad SMARTS) is 1. The number of methoxy groups -OCH3 is 1. The van der Waals surface area contributed by atoms with Gasteiger partial charge in [0.25, 0.3) is 0 Å². The van der Waals surface area contributed by atoms with E-state index >= 15 is 0 Å². The highest BCUT2D eigenvalue weighted by atomic mass is 19.4. The molecule has 1 saturated heterocycles. The summed E-state index contributed by atoms with van der Waals surface area (Å²) in [6, 6.07) is -0.895. The van der Waals surface area contributed by atoms with Gasteiger partial charge in [-0.25, -0.2) is 14.8 Å². The summed E-state index contributed by atoms with van der Waals surface area (Å²) in [7, 11) is 1.39. The first-order valence-corrected chi connectivity index (χ1v) is 6.44. The average Bonchev–Trinajstić information content (AvgIpc) is 2.93. The van der Waals surface area contributed by atoms with E-state index in [1.807, 2.05) is 0 Å². The van der Waals surface area contributed by atoms with E-state index in [0.29, 0.717) is 5.75 Å². The normalized spacial score (nSPS) is 21.1. The highest BCUT2D eigenvalue weighted by Crippen LogP contribution is 2.37. The molecule has 1 aliphatic heterocycles. The molecular formula is C12H13F3N4O4. The third-order valence-corrected chi connectivity index (χ3v) is 3.43. The molecule has 0 aromatic carbocycles. The van der Waals surface area contributed by atoms with E-state index in [9.17, 15) is 22.8 Å². The molecule has 2 N–H and O–H groups in total. The molecule has 2 heterocycles. The van der Waals surface area contributed by atoms with Crippen molar-refractivity contribution in [2.24, 2.45) is 11.8 Å². The van der Waals surface area contributed by atoms with E-state index in [1.54, 1.807) is 0 Å². The minimum atomic E-state index is -4.70. The average molecular weight is 334 g/mol. The van der Waals surface area contributed by atoms with Crippen LogP contribution in [-0.4, -0.2) is 58.4 Å². The standard InChI is InChI=1S/C12H13F3N4O4/c1-23-6-2-16-10(17-3-6)18-11(22)19-4-7(9(20)21)8(5-19)12(13,14)15/h2-3,7-8H,4-5H2,1H3,(H,20,21)(H,16,17,18,22)/t7-,8-/m1/s1. The van der Waals surface area contributed by atoms with Gasteiger partial charge in [0.1, 0.15) is 0 Å². The number of carboxylic acids is 1. The molecule has 1 fully saturated rings. The van der Waals surface area contributed by atoms with Crippen LogP contribution in [0.4, 0.5) is 23.9 Å². The van der Waals surface area contributed by atoms with Gasteiger partial charge in [-0.15, -0.1) is 0 Å². The largest absolute Gasteiger partial charge is 0.494 e. The molecule has 2 rings (SSSR count). The number of hydrogen-bond acceptors (Lipinski definition) is 5. The summed E-state index contributed by atoms with van der Waals surface area (Å²) in [6.07, 6.45) is -2.16. The van der Waals surface area contributed by atoms with Crippen LogP contribution in [0.5, 0.6) is 5.75 Å². The molecule has 2 atom stereocenters. The Hall–Kier alpha value is -2.59. The summed E-state index contributed by atoms with van der Waals surface area (Å²) in [4.78, 5) is 31.2. The summed E-state index contributed by atoms with van der Waals surface area (Å²) in [5.41, 5.74) is 0. The van der Waals surface area contributed by atoms with Crippen molar-refractivity contribution in [1.29, 1.82) is 0 Å². The van der Waals surface area contributed by atoms with Gasteiger partial charge in [-0.05, 0) is 0 Å². The molecule has 126 valence electrons. The lowest BCUT2D eigenvalue weighted by atomic mass is 9.96. The highest BCUT2D eigenvalue weighted by molar-refractivity contribution is 5.88. The fourth-order valence-corrected chi connectivity index (χ4v) is 2.21. The van der Waals surface area contributed by atoms with Gasteiger partial charge < -0.3 is 14.7 Å². The van der Waals surface area contributed by atoms with Crippen molar-refractivity contribution in [3.8, 4) is 5.75 Å². The van der Waals surface area contributed by atoms with Crippen molar-refractivity contribution in [2.45, 2.75) is 6.18 Å². The molecule has 0 bridgehead atoms. The molecule has 1 aromatic heterocycles. The van der Waals surface area contributed by atoms with E-state index in [2.05, 4.69) is 15.3 Å². The fraction of sp³-hybridized carbons (Fsp3) is 0.500. The predicted octanol–water partition coefficient (Wildman–Crippen LogP) is 1.21. The Morgan fingerprint density at radius 2 is 1.96 bits per heavy atom. The zero-order valence-electron chi connectivity index (χ0n) is 11.9. The molecule has 0 unspecified atom stereocenters. The second kappa shape index (κ2) is 6.26. The number of hydrogen-bond donors (Lipinski definition) is 2. The monoisotopic (exact) mass is 334 g/mol. The molecular weight excluding hydrogens is 321 g/mol. The second-order valence-corrected chi connectivity index (χ2v) is 4.87. The number of halogens is 3. The van der Waals surface area contributed by atoms with Crippen molar-refractivity contribution < 1.29 is 32.6 Å². The van der Waals surface area contributed by atoms with Crippen LogP contribution in [0.1, 0.15) is 0 Å². The maximum Gasteiger partial charge on any atom is 0.394 e. The third-order valence-electron chi connectivity index (χ3n) is 3.43. The lowest BCUT2D eigenvalue weighted by Gasteiger charge is -2.18. The van der Waals surface area contributed by atoms with Crippen molar-refractivity contribution in [2.75, 3.05) is 25.5 Å². The van der Waals surface area contributed by atoms with Gasteiger partial charge >= 0.3 is 18.2 Å². The Morgan fingerprint density at radius 1 is 1.35 bits per heavy atom. The van der Waals surface area contributed by atoms with Gasteiger partial charge in [-0.1, -0.05) is 0 Å². The van der Waals surface area contributed by atoms with Crippen molar-refractivity contribution in [3.05, 3.63) is 12.4 Å².